The molecule has 0 aliphatic carbocycles. The maximum atomic E-state index is 10.1. The molecule has 0 spiro atoms. The molecule has 0 amide bonds. The quantitative estimate of drug-likeness (QED) is 0.112. The fourth-order valence-electron chi connectivity index (χ4n) is 11.1. The molecule has 14 aromatic rings. The van der Waals surface area contributed by atoms with Crippen molar-refractivity contribution in [2.75, 3.05) is 0 Å². The lowest BCUT2D eigenvalue weighted by Crippen LogP contribution is -2.32. The SMILES string of the molecule is [2H]c1c([2H])c([2H])c(-c2cccc3c2-[n+]2[c-]n(-c4cccc(Oc5ccc6c7ccccc7n(-c7cc(C(C)(C)C)ccn7)c6c5)c4)c4cccc(c42)-c2ccccc2-c2ccc(-c4c([2H])c(-c5c([2H])c([2H])c([2H])c([2H])c5[2H])c([2H])c(-c5c([2H])c([2H])c([2H])c([2H])c5[2H])c4[2H])cc2-3)c([2H])c1[2H]. The van der Waals surface area contributed by atoms with Crippen LogP contribution in [0.4, 0.5) is 0 Å². The Hall–Kier alpha value is -10.4. The Bertz CT molecular complexity index is 5710. The first kappa shape index (κ1) is 32.5. The third-order valence-corrected chi connectivity index (χ3v) is 14.9. The van der Waals surface area contributed by atoms with Crippen molar-refractivity contribution >= 4 is 32.8 Å². The standard InChI is InChI=1S/C76H54N4O/c1-76(2,3)57-40-41-77-73(46-57)80-70-34-16-15-30-65(70)66-39-37-60(48-72(66)80)81-59-27-17-26-58(47-59)78-49-79-74-61(52-24-11-6-12-25-52)31-18-32-68(74)69-45-53(36-38-64(69)62-28-13-14-29-63(62)67-33-19-35-71(78)75(67)79)56-43-54(50-20-7-4-8-21-50)42-55(44-56)51-22-9-5-10-23-51/h4-48H,1-3H3/i4D,5D,6D,7D,8D,9D,10D,11D,12D,20D,21D,22D,23D,24D,25D,42D,43D,44D. The Kier molecular flexibility index (Phi) is 7.72. The average molecular weight is 1060 g/mol. The van der Waals surface area contributed by atoms with Crippen LogP contribution < -0.4 is 9.30 Å². The van der Waals surface area contributed by atoms with Gasteiger partial charge in [-0.1, -0.05) is 208 Å². The van der Waals surface area contributed by atoms with Crippen molar-refractivity contribution in [3.63, 3.8) is 0 Å². The van der Waals surface area contributed by atoms with Crippen LogP contribution in [0, 0.1) is 6.33 Å². The zero-order valence-electron chi connectivity index (χ0n) is 61.8. The first-order valence-electron chi connectivity index (χ1n) is 35.3. The minimum absolute atomic E-state index is 0.0694. The molecule has 0 saturated heterocycles. The van der Waals surface area contributed by atoms with Crippen molar-refractivity contribution in [3.05, 3.63) is 285 Å². The number of rotatable bonds is 8. The summed E-state index contributed by atoms with van der Waals surface area (Å²) in [6.45, 7) is 6.50. The van der Waals surface area contributed by atoms with Crippen LogP contribution in [0.1, 0.15) is 51.0 Å². The highest BCUT2D eigenvalue weighted by Crippen LogP contribution is 2.47. The molecular formula is C76H54N4O. The molecule has 0 bridgehead atoms. The van der Waals surface area contributed by atoms with Gasteiger partial charge in [0.25, 0.3) is 6.33 Å². The molecule has 1 aliphatic rings. The number of imidazole rings is 1. The van der Waals surface area contributed by atoms with Crippen LogP contribution in [-0.4, -0.2) is 14.1 Å². The molecule has 3 aromatic heterocycles. The van der Waals surface area contributed by atoms with Gasteiger partial charge in [0, 0.05) is 23.0 Å². The Balaban J connectivity index is 0.988. The first-order chi connectivity index (χ1) is 47.3. The van der Waals surface area contributed by atoms with E-state index in [9.17, 15) is 6.85 Å². The second-order valence-electron chi connectivity index (χ2n) is 20.7. The van der Waals surface area contributed by atoms with Crippen LogP contribution in [0.25, 0.3) is 128 Å². The maximum absolute atomic E-state index is 10.1. The summed E-state index contributed by atoms with van der Waals surface area (Å²) in [6.07, 6.45) is 5.50. The van der Waals surface area contributed by atoms with Gasteiger partial charge in [-0.3, -0.25) is 13.7 Å². The molecule has 384 valence electrons. The van der Waals surface area contributed by atoms with E-state index in [0.29, 0.717) is 61.6 Å². The molecular weight excluding hydrogens is 985 g/mol. The number of fused-ring (bicyclic) bond motifs is 10. The molecule has 0 N–H and O–H groups in total. The van der Waals surface area contributed by atoms with E-state index in [1.807, 2.05) is 114 Å². The minimum Gasteiger partial charge on any atom is -0.458 e. The van der Waals surface area contributed by atoms with E-state index in [2.05, 4.69) is 49.9 Å². The Morgan fingerprint density at radius 2 is 1.02 bits per heavy atom. The van der Waals surface area contributed by atoms with Gasteiger partial charge < -0.3 is 4.74 Å². The molecule has 0 unspecified atom stereocenters. The van der Waals surface area contributed by atoms with Crippen molar-refractivity contribution < 1.29 is 34.0 Å². The molecule has 81 heavy (non-hydrogen) atoms. The fourth-order valence-corrected chi connectivity index (χ4v) is 11.1. The third-order valence-electron chi connectivity index (χ3n) is 14.9. The molecule has 0 fully saturated rings. The molecule has 15 rings (SSSR count). The second kappa shape index (κ2) is 19.2. The van der Waals surface area contributed by atoms with Crippen LogP contribution in [0.5, 0.6) is 11.5 Å². The maximum Gasteiger partial charge on any atom is 0.269 e. The Labute approximate surface area is 496 Å². The van der Waals surface area contributed by atoms with Gasteiger partial charge in [0.15, 0.2) is 0 Å². The smallest absolute Gasteiger partial charge is 0.269 e. The van der Waals surface area contributed by atoms with Gasteiger partial charge in [0.2, 0.25) is 0 Å². The summed E-state index contributed by atoms with van der Waals surface area (Å²) < 4.78 is 177. The van der Waals surface area contributed by atoms with Gasteiger partial charge in [-0.2, -0.15) is 0 Å². The molecule has 0 radical (unpaired) electrons. The number of aromatic nitrogens is 4. The normalized spacial score (nSPS) is 15.0. The van der Waals surface area contributed by atoms with E-state index >= 15 is 0 Å². The summed E-state index contributed by atoms with van der Waals surface area (Å²) in [5, 5.41) is 2.05. The Morgan fingerprint density at radius 3 is 1.77 bits per heavy atom. The van der Waals surface area contributed by atoms with E-state index < -0.39 is 131 Å². The highest BCUT2D eigenvalue weighted by atomic mass is 16.5. The van der Waals surface area contributed by atoms with Crippen molar-refractivity contribution in [1.82, 2.24) is 14.1 Å². The number of benzene rings is 11. The van der Waals surface area contributed by atoms with Crippen LogP contribution in [0.3, 0.4) is 0 Å². The van der Waals surface area contributed by atoms with Crippen molar-refractivity contribution in [2.24, 2.45) is 0 Å². The number of pyridine rings is 1. The summed E-state index contributed by atoms with van der Waals surface area (Å²) in [6, 6.07) is 36.6. The van der Waals surface area contributed by atoms with E-state index in [4.69, 9.17) is 27.5 Å². The third kappa shape index (κ3) is 8.32. The molecule has 4 heterocycles. The van der Waals surface area contributed by atoms with Crippen LogP contribution in [0.15, 0.2) is 273 Å². The van der Waals surface area contributed by atoms with Crippen LogP contribution in [-0.2, 0) is 5.41 Å². The van der Waals surface area contributed by atoms with Crippen molar-refractivity contribution in [1.29, 1.82) is 0 Å². The molecule has 5 nitrogen and oxygen atoms in total. The molecule has 1 aliphatic heterocycles. The lowest BCUT2D eigenvalue weighted by molar-refractivity contribution is -0.570. The monoisotopic (exact) mass is 1060 g/mol. The van der Waals surface area contributed by atoms with Gasteiger partial charge in [0.05, 0.1) is 58.1 Å². The minimum atomic E-state index is -0.802. The predicted molar refractivity (Wildman–Crippen MR) is 333 cm³/mol. The number of ether oxygens (including phenoxy) is 1. The van der Waals surface area contributed by atoms with Gasteiger partial charge in [-0.05, 0) is 162 Å². The zero-order chi connectivity index (χ0) is 69.8. The summed E-state index contributed by atoms with van der Waals surface area (Å²) in [5.41, 5.74) is 5.78. The van der Waals surface area contributed by atoms with E-state index in [1.165, 1.54) is 0 Å². The number of nitrogens with zero attached hydrogens (tertiary/aromatic N) is 4. The van der Waals surface area contributed by atoms with Gasteiger partial charge >= 0.3 is 0 Å². The first-order valence-corrected chi connectivity index (χ1v) is 26.3. The second-order valence-corrected chi connectivity index (χ2v) is 20.7. The molecule has 0 saturated carbocycles. The molecule has 0 atom stereocenters. The molecule has 11 aromatic carbocycles. The highest BCUT2D eigenvalue weighted by molar-refractivity contribution is 6.09. The van der Waals surface area contributed by atoms with Crippen molar-refractivity contribution in [3.8, 4) is 107 Å². The van der Waals surface area contributed by atoms with Gasteiger partial charge in [-0.15, -0.1) is 0 Å². The number of hydrogen-bond acceptors (Lipinski definition) is 2. The van der Waals surface area contributed by atoms with Gasteiger partial charge in [-0.25, -0.2) is 4.98 Å². The van der Waals surface area contributed by atoms with Crippen molar-refractivity contribution in [2.45, 2.75) is 26.2 Å². The fraction of sp³-hybridized carbons (Fsp3) is 0.0526. The number of para-hydroxylation sites is 3. The topological polar surface area (TPSA) is 35.9 Å². The van der Waals surface area contributed by atoms with Crippen LogP contribution >= 0.6 is 0 Å². The lowest BCUT2D eigenvalue weighted by atomic mass is 9.85. The van der Waals surface area contributed by atoms with Gasteiger partial charge in [0.1, 0.15) is 17.3 Å². The van der Waals surface area contributed by atoms with E-state index in [1.54, 1.807) is 41.0 Å². The molecule has 5 heteroatoms. The zero-order valence-corrected chi connectivity index (χ0v) is 43.8. The average Bonchev–Trinajstić information content (AvgIpc) is 1.56. The summed E-state index contributed by atoms with van der Waals surface area (Å²) in [7, 11) is 0. The predicted octanol–water partition coefficient (Wildman–Crippen LogP) is 19.3. The summed E-state index contributed by atoms with van der Waals surface area (Å²) >= 11 is 0. The Morgan fingerprint density at radius 1 is 0.444 bits per heavy atom. The van der Waals surface area contributed by atoms with E-state index in [-0.39, 0.29) is 33.4 Å². The highest BCUT2D eigenvalue weighted by Gasteiger charge is 2.27. The summed E-state index contributed by atoms with van der Waals surface area (Å²) in [4.78, 5) is 4.87. The van der Waals surface area contributed by atoms with E-state index in [0.717, 1.165) is 33.2 Å². The number of hydrogen-bond donors (Lipinski definition) is 0. The summed E-state index contributed by atoms with van der Waals surface area (Å²) in [5.74, 6) is 1.78. The lowest BCUT2D eigenvalue weighted by Gasteiger charge is -2.20. The largest absolute Gasteiger partial charge is 0.458 e. The van der Waals surface area contributed by atoms with Crippen LogP contribution in [0.2, 0.25) is 0 Å².